The first-order valence-electron chi connectivity index (χ1n) is 6.20. The fourth-order valence-electron chi connectivity index (χ4n) is 2.26. The van der Waals surface area contributed by atoms with Gasteiger partial charge in [-0.1, -0.05) is 6.07 Å². The fourth-order valence-corrected chi connectivity index (χ4v) is 4.65. The van der Waals surface area contributed by atoms with Gasteiger partial charge in [-0.3, -0.25) is 0 Å². The van der Waals surface area contributed by atoms with E-state index in [0.717, 1.165) is 23.9 Å². The van der Waals surface area contributed by atoms with Crippen LogP contribution in [0.25, 0.3) is 0 Å². The van der Waals surface area contributed by atoms with E-state index in [0.29, 0.717) is 6.54 Å². The van der Waals surface area contributed by atoms with Crippen molar-refractivity contribution in [2.45, 2.75) is 31.0 Å². The van der Waals surface area contributed by atoms with Crippen molar-refractivity contribution in [1.29, 1.82) is 0 Å². The van der Waals surface area contributed by atoms with Crippen LogP contribution in [0.15, 0.2) is 23.1 Å². The maximum Gasteiger partial charge on any atom is 0.240 e. The number of fused-ring (bicyclic) bond motifs is 1. The molecule has 2 N–H and O–H groups in total. The molecule has 2 rings (SSSR count). The van der Waals surface area contributed by atoms with E-state index in [1.54, 1.807) is 18.2 Å². The van der Waals surface area contributed by atoms with Crippen LogP contribution in [0.1, 0.15) is 18.1 Å². The lowest BCUT2D eigenvalue weighted by Crippen LogP contribution is -2.37. The number of sulfonamides is 1. The van der Waals surface area contributed by atoms with Gasteiger partial charge in [0.1, 0.15) is 9.84 Å². The van der Waals surface area contributed by atoms with E-state index in [4.69, 9.17) is 0 Å². The summed E-state index contributed by atoms with van der Waals surface area (Å²) >= 11 is 0. The van der Waals surface area contributed by atoms with Crippen molar-refractivity contribution in [2.75, 3.05) is 12.0 Å². The van der Waals surface area contributed by atoms with E-state index in [1.165, 1.54) is 6.92 Å². The Hall–Kier alpha value is -0.960. The summed E-state index contributed by atoms with van der Waals surface area (Å²) in [6, 6.07) is 4.29. The molecular formula is C12H18N2O4S2. The number of sulfone groups is 1. The second kappa shape index (κ2) is 5.44. The first-order valence-corrected chi connectivity index (χ1v) is 9.74. The van der Waals surface area contributed by atoms with Crippen molar-refractivity contribution in [2.24, 2.45) is 0 Å². The summed E-state index contributed by atoms with van der Waals surface area (Å²) in [5.41, 5.74) is 2.05. The van der Waals surface area contributed by atoms with Gasteiger partial charge < -0.3 is 5.32 Å². The number of nitrogens with one attached hydrogen (secondary N) is 2. The third-order valence-corrected chi connectivity index (χ3v) is 5.72. The molecule has 1 aromatic rings. The normalized spacial score (nSPS) is 16.9. The van der Waals surface area contributed by atoms with E-state index in [2.05, 4.69) is 10.0 Å². The standard InChI is InChI=1S/C12H18N2O4S2/c1-9(8-19(2,15)16)14-20(17,18)12-4-3-10-6-13-7-11(10)5-12/h3-5,9,13-14H,6-8H2,1-2H3. The molecule has 0 amide bonds. The molecule has 0 radical (unpaired) electrons. The molecule has 1 heterocycles. The van der Waals surface area contributed by atoms with Crippen molar-refractivity contribution >= 4 is 19.9 Å². The second-order valence-electron chi connectivity index (χ2n) is 5.15. The molecule has 1 unspecified atom stereocenters. The summed E-state index contributed by atoms with van der Waals surface area (Å²) < 4.78 is 49.1. The summed E-state index contributed by atoms with van der Waals surface area (Å²) in [6.07, 6.45) is 1.08. The Labute approximate surface area is 119 Å². The van der Waals surface area contributed by atoms with E-state index in [-0.39, 0.29) is 10.6 Å². The van der Waals surface area contributed by atoms with E-state index in [9.17, 15) is 16.8 Å². The molecule has 0 spiro atoms. The second-order valence-corrected chi connectivity index (χ2v) is 9.05. The molecule has 1 atom stereocenters. The maximum absolute atomic E-state index is 12.2. The van der Waals surface area contributed by atoms with Crippen LogP contribution in [-0.4, -0.2) is 34.9 Å². The first kappa shape index (κ1) is 15.4. The van der Waals surface area contributed by atoms with Crippen LogP contribution in [0.2, 0.25) is 0 Å². The number of rotatable bonds is 5. The Morgan fingerprint density at radius 3 is 2.50 bits per heavy atom. The monoisotopic (exact) mass is 318 g/mol. The molecule has 6 nitrogen and oxygen atoms in total. The Bertz CT molecular complexity index is 711. The van der Waals surface area contributed by atoms with Crippen molar-refractivity contribution < 1.29 is 16.8 Å². The summed E-state index contributed by atoms with van der Waals surface area (Å²) in [5, 5.41) is 3.14. The molecule has 112 valence electrons. The molecule has 0 saturated heterocycles. The highest BCUT2D eigenvalue weighted by Gasteiger charge is 2.21. The highest BCUT2D eigenvalue weighted by Crippen LogP contribution is 2.20. The van der Waals surface area contributed by atoms with Crippen molar-refractivity contribution in [1.82, 2.24) is 10.0 Å². The Kier molecular flexibility index (Phi) is 4.19. The molecule has 0 aromatic heterocycles. The molecule has 1 aromatic carbocycles. The zero-order chi connectivity index (χ0) is 15.0. The van der Waals surface area contributed by atoms with Crippen LogP contribution in [0, 0.1) is 0 Å². The minimum absolute atomic E-state index is 0.167. The van der Waals surface area contributed by atoms with Gasteiger partial charge in [-0.05, 0) is 30.2 Å². The van der Waals surface area contributed by atoms with Gasteiger partial charge >= 0.3 is 0 Å². The van der Waals surface area contributed by atoms with Crippen LogP contribution < -0.4 is 10.0 Å². The van der Waals surface area contributed by atoms with Crippen molar-refractivity contribution in [3.05, 3.63) is 29.3 Å². The van der Waals surface area contributed by atoms with Crippen LogP contribution in [-0.2, 0) is 33.0 Å². The average Bonchev–Trinajstić information content (AvgIpc) is 2.71. The summed E-state index contributed by atoms with van der Waals surface area (Å²) in [6.45, 7) is 2.93. The van der Waals surface area contributed by atoms with Crippen LogP contribution >= 0.6 is 0 Å². The summed E-state index contributed by atoms with van der Waals surface area (Å²) in [5.74, 6) is -0.223. The highest BCUT2D eigenvalue weighted by molar-refractivity contribution is 7.91. The zero-order valence-electron chi connectivity index (χ0n) is 11.4. The predicted molar refractivity (Wildman–Crippen MR) is 76.5 cm³/mol. The van der Waals surface area contributed by atoms with Gasteiger partial charge in [-0.25, -0.2) is 21.6 Å². The number of hydrogen-bond donors (Lipinski definition) is 2. The average molecular weight is 318 g/mol. The Morgan fingerprint density at radius 1 is 1.20 bits per heavy atom. The van der Waals surface area contributed by atoms with Crippen LogP contribution in [0.5, 0.6) is 0 Å². The van der Waals surface area contributed by atoms with E-state index < -0.39 is 25.9 Å². The quantitative estimate of drug-likeness (QED) is 0.797. The Balaban J connectivity index is 2.18. The molecule has 8 heteroatoms. The van der Waals surface area contributed by atoms with Gasteiger partial charge in [0.05, 0.1) is 10.6 Å². The Morgan fingerprint density at radius 2 is 1.85 bits per heavy atom. The largest absolute Gasteiger partial charge is 0.309 e. The molecular weight excluding hydrogens is 300 g/mol. The van der Waals surface area contributed by atoms with Gasteiger partial charge in [-0.15, -0.1) is 0 Å². The lowest BCUT2D eigenvalue weighted by atomic mass is 10.1. The molecule has 1 aliphatic heterocycles. The van der Waals surface area contributed by atoms with Gasteiger partial charge in [0, 0.05) is 25.4 Å². The maximum atomic E-state index is 12.2. The fraction of sp³-hybridized carbons (Fsp3) is 0.500. The zero-order valence-corrected chi connectivity index (χ0v) is 13.0. The summed E-state index contributed by atoms with van der Waals surface area (Å²) in [4.78, 5) is 0.167. The minimum atomic E-state index is -3.70. The third-order valence-electron chi connectivity index (χ3n) is 3.03. The van der Waals surface area contributed by atoms with E-state index in [1.807, 2.05) is 0 Å². The van der Waals surface area contributed by atoms with Crippen LogP contribution in [0.3, 0.4) is 0 Å². The highest BCUT2D eigenvalue weighted by atomic mass is 32.2. The summed E-state index contributed by atoms with van der Waals surface area (Å²) in [7, 11) is -6.92. The lowest BCUT2D eigenvalue weighted by molar-refractivity contribution is 0.564. The lowest BCUT2D eigenvalue weighted by Gasteiger charge is -2.13. The van der Waals surface area contributed by atoms with Crippen molar-refractivity contribution in [3.63, 3.8) is 0 Å². The smallest absolute Gasteiger partial charge is 0.240 e. The molecule has 0 aliphatic carbocycles. The first-order chi connectivity index (χ1) is 9.17. The number of hydrogen-bond acceptors (Lipinski definition) is 5. The van der Waals surface area contributed by atoms with Crippen molar-refractivity contribution in [3.8, 4) is 0 Å². The molecule has 0 bridgehead atoms. The van der Waals surface area contributed by atoms with Gasteiger partial charge in [-0.2, -0.15) is 0 Å². The van der Waals surface area contributed by atoms with Gasteiger partial charge in [0.15, 0.2) is 0 Å². The molecule has 1 aliphatic rings. The minimum Gasteiger partial charge on any atom is -0.309 e. The predicted octanol–water partition coefficient (Wildman–Crippen LogP) is 0.00120. The SMILES string of the molecule is CC(CS(C)(=O)=O)NS(=O)(=O)c1ccc2c(c1)CNC2. The molecule has 20 heavy (non-hydrogen) atoms. The molecule has 0 fully saturated rings. The van der Waals surface area contributed by atoms with Crippen LogP contribution in [0.4, 0.5) is 0 Å². The molecule has 0 saturated carbocycles. The topological polar surface area (TPSA) is 92.3 Å². The third kappa shape index (κ3) is 3.78. The van der Waals surface area contributed by atoms with Gasteiger partial charge in [0.2, 0.25) is 10.0 Å². The van der Waals surface area contributed by atoms with Gasteiger partial charge in [0.25, 0.3) is 0 Å². The van der Waals surface area contributed by atoms with E-state index >= 15 is 0 Å². The number of benzene rings is 1.